The SMILES string of the molecule is C=CC(=O)N1CC2(CC(n3nc(N4CCC(CN5CCS(=O)(=O)CC5)CC4(C)C)c(-c4c(Cl)c(Cl)cc5[nH]ncc45)c3C)C2)C1. The first-order chi connectivity index (χ1) is 21.3. The molecule has 2 aromatic heterocycles. The van der Waals surface area contributed by atoms with Crippen LogP contribution in [0.1, 0.15) is 51.3 Å². The van der Waals surface area contributed by atoms with Gasteiger partial charge in [0.05, 0.1) is 39.3 Å². The van der Waals surface area contributed by atoms with Crippen LogP contribution in [0.3, 0.4) is 0 Å². The van der Waals surface area contributed by atoms with Crippen LogP contribution in [0.5, 0.6) is 0 Å². The first-order valence-corrected chi connectivity index (χ1v) is 18.4. The number of benzene rings is 1. The molecule has 5 heterocycles. The first-order valence-electron chi connectivity index (χ1n) is 15.8. The Bertz CT molecular complexity index is 1770. The molecule has 1 saturated carbocycles. The van der Waals surface area contributed by atoms with Crippen LogP contribution < -0.4 is 4.90 Å². The van der Waals surface area contributed by atoms with Gasteiger partial charge in [0.1, 0.15) is 0 Å². The molecule has 4 aliphatic rings. The maximum Gasteiger partial charge on any atom is 0.245 e. The van der Waals surface area contributed by atoms with Gasteiger partial charge in [-0.1, -0.05) is 29.8 Å². The number of likely N-dealkylation sites (tertiary alicyclic amines) is 1. The average molecular weight is 675 g/mol. The zero-order valence-corrected chi connectivity index (χ0v) is 28.5. The van der Waals surface area contributed by atoms with E-state index in [9.17, 15) is 13.2 Å². The molecule has 0 bridgehead atoms. The van der Waals surface area contributed by atoms with E-state index in [0.29, 0.717) is 29.1 Å². The predicted octanol–water partition coefficient (Wildman–Crippen LogP) is 5.12. The number of nitrogens with zero attached hydrogens (tertiary/aromatic N) is 6. The van der Waals surface area contributed by atoms with Gasteiger partial charge in [0.2, 0.25) is 5.91 Å². The van der Waals surface area contributed by atoms with E-state index in [2.05, 4.69) is 52.0 Å². The van der Waals surface area contributed by atoms with E-state index in [-0.39, 0.29) is 34.4 Å². The van der Waals surface area contributed by atoms with Gasteiger partial charge < -0.3 is 14.7 Å². The van der Waals surface area contributed by atoms with Gasteiger partial charge in [-0.3, -0.25) is 14.6 Å². The maximum absolute atomic E-state index is 12.1. The quantitative estimate of drug-likeness (QED) is 0.362. The summed E-state index contributed by atoms with van der Waals surface area (Å²) in [6.45, 7) is 14.8. The minimum Gasteiger partial charge on any atom is -0.349 e. The molecule has 10 nitrogen and oxygen atoms in total. The molecule has 1 amide bonds. The van der Waals surface area contributed by atoms with E-state index in [1.807, 2.05) is 17.2 Å². The molecule has 1 spiro atoms. The van der Waals surface area contributed by atoms with Crippen molar-refractivity contribution in [2.24, 2.45) is 11.3 Å². The fraction of sp³-hybridized carbons (Fsp3) is 0.594. The van der Waals surface area contributed by atoms with E-state index in [1.165, 1.54) is 6.08 Å². The topological polar surface area (TPSA) is 107 Å². The molecule has 1 unspecified atom stereocenters. The monoisotopic (exact) mass is 673 g/mol. The van der Waals surface area contributed by atoms with E-state index < -0.39 is 9.84 Å². The normalized spacial score (nSPS) is 24.5. The lowest BCUT2D eigenvalue weighted by molar-refractivity contribution is -0.149. The van der Waals surface area contributed by atoms with Crippen molar-refractivity contribution in [2.45, 2.75) is 58.0 Å². The standard InChI is InChI=1S/C32H41Cl2N7O3S/c1-5-26(42)39-18-32(19-39)14-22(15-32)41-20(2)27(28-23-16-35-36-25(23)12-24(33)29(28)34)30(37-41)40-7-6-21(13-31(40,3)4)17-38-8-10-45(43,44)11-9-38/h5,12,16,21-22H,1,6-11,13-15,17-19H2,2-4H3,(H,35,36). The van der Waals surface area contributed by atoms with Gasteiger partial charge in [0.15, 0.2) is 15.7 Å². The molecule has 1 aliphatic carbocycles. The number of carbonyl (C=O) groups is 1. The van der Waals surface area contributed by atoms with Crippen molar-refractivity contribution in [1.29, 1.82) is 0 Å². The van der Waals surface area contributed by atoms with Crippen LogP contribution in [0.15, 0.2) is 24.9 Å². The molecule has 3 saturated heterocycles. The second-order valence-corrected chi connectivity index (χ2v) is 17.4. The number of anilines is 1. The Morgan fingerprint density at radius 1 is 1.13 bits per heavy atom. The number of nitrogens with one attached hydrogen (secondary N) is 1. The molecule has 4 fully saturated rings. The number of amides is 1. The van der Waals surface area contributed by atoms with Crippen molar-refractivity contribution in [3.63, 3.8) is 0 Å². The molecule has 1 atom stereocenters. The van der Waals surface area contributed by atoms with Crippen molar-refractivity contribution in [1.82, 2.24) is 29.8 Å². The van der Waals surface area contributed by atoms with Crippen LogP contribution in [0.25, 0.3) is 22.0 Å². The second kappa shape index (κ2) is 11.0. The summed E-state index contributed by atoms with van der Waals surface area (Å²) < 4.78 is 26.1. The van der Waals surface area contributed by atoms with Gasteiger partial charge in [0.25, 0.3) is 0 Å². The number of fused-ring (bicyclic) bond motifs is 1. The van der Waals surface area contributed by atoms with Crippen LogP contribution in [0.4, 0.5) is 5.82 Å². The molecule has 1 N–H and O–H groups in total. The van der Waals surface area contributed by atoms with Crippen molar-refractivity contribution < 1.29 is 13.2 Å². The molecule has 3 aromatic rings. The van der Waals surface area contributed by atoms with Gasteiger partial charge in [-0.2, -0.15) is 10.2 Å². The number of aromatic nitrogens is 4. The summed E-state index contributed by atoms with van der Waals surface area (Å²) in [4.78, 5) is 18.7. The number of H-pyrrole nitrogens is 1. The van der Waals surface area contributed by atoms with Gasteiger partial charge >= 0.3 is 0 Å². The molecule has 1 aromatic carbocycles. The number of piperidine rings is 1. The average Bonchev–Trinajstić information content (AvgIpc) is 3.53. The summed E-state index contributed by atoms with van der Waals surface area (Å²) in [5.41, 5.74) is 3.65. The summed E-state index contributed by atoms with van der Waals surface area (Å²) in [5, 5.41) is 14.6. The molecule has 13 heteroatoms. The number of aromatic amines is 1. The van der Waals surface area contributed by atoms with E-state index in [0.717, 1.165) is 85.4 Å². The minimum absolute atomic E-state index is 0.000372. The number of carbonyl (C=O) groups excluding carboxylic acids is 1. The summed E-state index contributed by atoms with van der Waals surface area (Å²) in [6, 6.07) is 2.05. The molecule has 7 rings (SSSR count). The van der Waals surface area contributed by atoms with Gasteiger partial charge in [-0.15, -0.1) is 0 Å². The Labute approximate surface area is 274 Å². The smallest absolute Gasteiger partial charge is 0.245 e. The van der Waals surface area contributed by atoms with Gasteiger partial charge in [-0.05, 0) is 64.5 Å². The van der Waals surface area contributed by atoms with Crippen LogP contribution in [-0.2, 0) is 14.6 Å². The van der Waals surface area contributed by atoms with Crippen LogP contribution in [-0.4, -0.2) is 100 Å². The highest BCUT2D eigenvalue weighted by atomic mass is 35.5. The van der Waals surface area contributed by atoms with E-state index in [1.54, 1.807) is 0 Å². The van der Waals surface area contributed by atoms with Crippen molar-refractivity contribution >= 4 is 55.7 Å². The van der Waals surface area contributed by atoms with Crippen LogP contribution in [0, 0.1) is 18.3 Å². The summed E-state index contributed by atoms with van der Waals surface area (Å²) in [7, 11) is -2.90. The molecule has 242 valence electrons. The summed E-state index contributed by atoms with van der Waals surface area (Å²) >= 11 is 13.7. The Morgan fingerprint density at radius 2 is 1.84 bits per heavy atom. The first kappa shape index (κ1) is 31.0. The van der Waals surface area contributed by atoms with Gasteiger partial charge in [0, 0.05) is 72.4 Å². The Balaban J connectivity index is 1.21. The third kappa shape index (κ3) is 5.37. The van der Waals surface area contributed by atoms with Crippen molar-refractivity contribution in [2.75, 3.05) is 55.7 Å². The number of rotatable bonds is 6. The highest BCUT2D eigenvalue weighted by molar-refractivity contribution is 7.91. The lowest BCUT2D eigenvalue weighted by Gasteiger charge is -2.58. The molecule has 3 aliphatic heterocycles. The number of hydrogen-bond donors (Lipinski definition) is 1. The molecule has 45 heavy (non-hydrogen) atoms. The van der Waals surface area contributed by atoms with E-state index in [4.69, 9.17) is 28.3 Å². The lowest BCUT2D eigenvalue weighted by Crippen LogP contribution is -2.63. The Kier molecular flexibility index (Phi) is 7.58. The zero-order valence-electron chi connectivity index (χ0n) is 26.2. The minimum atomic E-state index is -2.90. The van der Waals surface area contributed by atoms with Crippen molar-refractivity contribution in [3.05, 3.63) is 40.7 Å². The number of halogens is 2. The fourth-order valence-corrected chi connectivity index (χ4v) is 10.1. The number of hydrogen-bond acceptors (Lipinski definition) is 7. The lowest BCUT2D eigenvalue weighted by atomic mass is 9.60. The second-order valence-electron chi connectivity index (χ2n) is 14.3. The fourth-order valence-electron chi connectivity index (χ4n) is 8.42. The van der Waals surface area contributed by atoms with Gasteiger partial charge in [-0.25, -0.2) is 8.42 Å². The molecular formula is C32H41Cl2N7O3S. The highest BCUT2D eigenvalue weighted by Gasteiger charge is 2.54. The Hall–Kier alpha value is -2.60. The van der Waals surface area contributed by atoms with Crippen molar-refractivity contribution in [3.8, 4) is 11.1 Å². The number of sulfone groups is 1. The third-order valence-corrected chi connectivity index (χ3v) is 13.1. The molecule has 0 radical (unpaired) electrons. The largest absolute Gasteiger partial charge is 0.349 e. The highest BCUT2D eigenvalue weighted by Crippen LogP contribution is 2.56. The molecular weight excluding hydrogens is 633 g/mol. The predicted molar refractivity (Wildman–Crippen MR) is 179 cm³/mol. The van der Waals surface area contributed by atoms with Crippen LogP contribution in [0.2, 0.25) is 10.0 Å². The van der Waals surface area contributed by atoms with Crippen LogP contribution >= 0.6 is 23.2 Å². The summed E-state index contributed by atoms with van der Waals surface area (Å²) in [5.74, 6) is 1.88. The van der Waals surface area contributed by atoms with E-state index >= 15 is 0 Å². The summed E-state index contributed by atoms with van der Waals surface area (Å²) in [6.07, 6.45) is 7.09. The maximum atomic E-state index is 12.1. The zero-order chi connectivity index (χ0) is 31.9. The third-order valence-electron chi connectivity index (χ3n) is 10.7. The Morgan fingerprint density at radius 3 is 2.51 bits per heavy atom.